The third-order valence-corrected chi connectivity index (χ3v) is 3.35. The zero-order chi connectivity index (χ0) is 11.4. The minimum atomic E-state index is 0.530. The summed E-state index contributed by atoms with van der Waals surface area (Å²) in [6.45, 7) is 1.08. The van der Waals surface area contributed by atoms with E-state index in [1.165, 1.54) is 11.3 Å². The summed E-state index contributed by atoms with van der Waals surface area (Å²) in [5.74, 6) is 0.840. The fraction of sp³-hybridized carbons (Fsp3) is 0.167. The Labute approximate surface area is 104 Å². The fourth-order valence-corrected chi connectivity index (χ4v) is 2.35. The number of hydrogen-bond donors (Lipinski definition) is 1. The maximum absolute atomic E-state index is 5.84. The van der Waals surface area contributed by atoms with Crippen LogP contribution >= 0.6 is 22.9 Å². The van der Waals surface area contributed by atoms with Crippen LogP contribution in [0.2, 0.25) is 4.34 Å². The molecular formula is C12H12ClNOS. The zero-order valence-electron chi connectivity index (χ0n) is 8.65. The van der Waals surface area contributed by atoms with E-state index in [1.807, 2.05) is 36.4 Å². The maximum atomic E-state index is 5.84. The molecule has 0 unspecified atom stereocenters. The van der Waals surface area contributed by atoms with Crippen molar-refractivity contribution in [2.75, 3.05) is 0 Å². The highest BCUT2D eigenvalue weighted by Crippen LogP contribution is 2.23. The summed E-state index contributed by atoms with van der Waals surface area (Å²) in [5.41, 5.74) is 6.63. The molecule has 0 fully saturated rings. The first-order valence-electron chi connectivity index (χ1n) is 4.94. The first-order valence-corrected chi connectivity index (χ1v) is 6.13. The SMILES string of the molecule is NCc1cccc(OCc2ccc(Cl)s2)c1. The van der Waals surface area contributed by atoms with Gasteiger partial charge < -0.3 is 10.5 Å². The molecule has 0 spiro atoms. The molecule has 0 saturated heterocycles. The third kappa shape index (κ3) is 2.98. The summed E-state index contributed by atoms with van der Waals surface area (Å²) in [7, 11) is 0. The predicted molar refractivity (Wildman–Crippen MR) is 68.0 cm³/mol. The van der Waals surface area contributed by atoms with Gasteiger partial charge in [0.1, 0.15) is 12.4 Å². The average Bonchev–Trinajstić information content (AvgIpc) is 2.73. The lowest BCUT2D eigenvalue weighted by atomic mass is 10.2. The van der Waals surface area contributed by atoms with Crippen molar-refractivity contribution in [3.8, 4) is 5.75 Å². The number of benzene rings is 1. The number of thiophene rings is 1. The number of rotatable bonds is 4. The summed E-state index contributed by atoms with van der Waals surface area (Å²) >= 11 is 7.37. The highest BCUT2D eigenvalue weighted by molar-refractivity contribution is 7.16. The topological polar surface area (TPSA) is 35.2 Å². The number of hydrogen-bond acceptors (Lipinski definition) is 3. The van der Waals surface area contributed by atoms with Crippen molar-refractivity contribution in [3.05, 3.63) is 51.2 Å². The van der Waals surface area contributed by atoms with Crippen LogP contribution in [-0.4, -0.2) is 0 Å². The summed E-state index contributed by atoms with van der Waals surface area (Å²) in [5, 5.41) is 0. The van der Waals surface area contributed by atoms with Crippen molar-refractivity contribution in [3.63, 3.8) is 0 Å². The lowest BCUT2D eigenvalue weighted by Gasteiger charge is -2.05. The fourth-order valence-electron chi connectivity index (χ4n) is 1.35. The molecule has 0 bridgehead atoms. The normalized spacial score (nSPS) is 10.4. The largest absolute Gasteiger partial charge is 0.488 e. The van der Waals surface area contributed by atoms with Crippen LogP contribution in [0.15, 0.2) is 36.4 Å². The van der Waals surface area contributed by atoms with E-state index in [0.29, 0.717) is 13.2 Å². The van der Waals surface area contributed by atoms with Crippen molar-refractivity contribution >= 4 is 22.9 Å². The molecule has 0 aliphatic heterocycles. The molecule has 4 heteroatoms. The first kappa shape index (κ1) is 11.5. The molecule has 2 N–H and O–H groups in total. The van der Waals surface area contributed by atoms with Crippen molar-refractivity contribution in [2.45, 2.75) is 13.2 Å². The molecule has 0 amide bonds. The molecule has 84 valence electrons. The van der Waals surface area contributed by atoms with E-state index >= 15 is 0 Å². The lowest BCUT2D eigenvalue weighted by molar-refractivity contribution is 0.309. The number of nitrogens with two attached hydrogens (primary N) is 1. The van der Waals surface area contributed by atoms with Crippen LogP contribution in [0.5, 0.6) is 5.75 Å². The van der Waals surface area contributed by atoms with Crippen LogP contribution in [-0.2, 0) is 13.2 Å². The van der Waals surface area contributed by atoms with Crippen LogP contribution in [0, 0.1) is 0 Å². The minimum Gasteiger partial charge on any atom is -0.488 e. The highest BCUT2D eigenvalue weighted by Gasteiger charge is 2.00. The van der Waals surface area contributed by atoms with Crippen molar-refractivity contribution in [1.29, 1.82) is 0 Å². The second-order valence-electron chi connectivity index (χ2n) is 3.35. The van der Waals surface area contributed by atoms with Gasteiger partial charge in [0.15, 0.2) is 0 Å². The smallest absolute Gasteiger partial charge is 0.122 e. The minimum absolute atomic E-state index is 0.530. The van der Waals surface area contributed by atoms with Crippen molar-refractivity contribution < 1.29 is 4.74 Å². The summed E-state index contributed by atoms with van der Waals surface area (Å²) in [6, 6.07) is 11.7. The second kappa shape index (κ2) is 5.34. The highest BCUT2D eigenvalue weighted by atomic mass is 35.5. The van der Waals surface area contributed by atoms with Gasteiger partial charge in [-0.05, 0) is 29.8 Å². The average molecular weight is 254 g/mol. The van der Waals surface area contributed by atoms with Crippen LogP contribution < -0.4 is 10.5 Å². The Hall–Kier alpha value is -1.03. The Morgan fingerprint density at radius 3 is 2.81 bits per heavy atom. The third-order valence-electron chi connectivity index (χ3n) is 2.14. The van der Waals surface area contributed by atoms with E-state index in [1.54, 1.807) is 0 Å². The van der Waals surface area contributed by atoms with Crippen LogP contribution in [0.4, 0.5) is 0 Å². The van der Waals surface area contributed by atoms with Gasteiger partial charge >= 0.3 is 0 Å². The van der Waals surface area contributed by atoms with Gasteiger partial charge in [-0.2, -0.15) is 0 Å². The Kier molecular flexibility index (Phi) is 3.83. The number of ether oxygens (including phenoxy) is 1. The van der Waals surface area contributed by atoms with E-state index in [-0.39, 0.29) is 0 Å². The van der Waals surface area contributed by atoms with Gasteiger partial charge in [0.2, 0.25) is 0 Å². The van der Waals surface area contributed by atoms with E-state index in [9.17, 15) is 0 Å². The van der Waals surface area contributed by atoms with Crippen LogP contribution in [0.1, 0.15) is 10.4 Å². The summed E-state index contributed by atoms with van der Waals surface area (Å²) < 4.78 is 6.43. The molecule has 0 aliphatic carbocycles. The van der Waals surface area contributed by atoms with Gasteiger partial charge in [0.25, 0.3) is 0 Å². The van der Waals surface area contributed by atoms with Gasteiger partial charge in [-0.15, -0.1) is 11.3 Å². The second-order valence-corrected chi connectivity index (χ2v) is 5.15. The van der Waals surface area contributed by atoms with Gasteiger partial charge in [-0.1, -0.05) is 23.7 Å². The van der Waals surface area contributed by atoms with E-state index < -0.39 is 0 Å². The lowest BCUT2D eigenvalue weighted by Crippen LogP contribution is -1.97. The molecule has 2 nitrogen and oxygen atoms in total. The Bertz CT molecular complexity index is 470. The summed E-state index contributed by atoms with van der Waals surface area (Å²) in [4.78, 5) is 1.11. The molecule has 0 radical (unpaired) electrons. The van der Waals surface area contributed by atoms with E-state index in [4.69, 9.17) is 22.1 Å². The van der Waals surface area contributed by atoms with Gasteiger partial charge in [-0.25, -0.2) is 0 Å². The Morgan fingerprint density at radius 2 is 2.12 bits per heavy atom. The van der Waals surface area contributed by atoms with Crippen LogP contribution in [0.25, 0.3) is 0 Å². The molecule has 2 aromatic rings. The monoisotopic (exact) mass is 253 g/mol. The molecular weight excluding hydrogens is 242 g/mol. The standard InChI is InChI=1S/C12H12ClNOS/c13-12-5-4-11(16-12)8-15-10-3-1-2-9(6-10)7-14/h1-6H,7-8,14H2. The van der Waals surface area contributed by atoms with Gasteiger partial charge in [-0.3, -0.25) is 0 Å². The molecule has 1 heterocycles. The molecule has 2 rings (SSSR count). The number of halogens is 1. The molecule has 1 aromatic heterocycles. The van der Waals surface area contributed by atoms with E-state index in [2.05, 4.69) is 0 Å². The molecule has 0 saturated carbocycles. The zero-order valence-corrected chi connectivity index (χ0v) is 10.2. The van der Waals surface area contributed by atoms with E-state index in [0.717, 1.165) is 20.5 Å². The molecule has 0 aliphatic rings. The quantitative estimate of drug-likeness (QED) is 0.906. The Balaban J connectivity index is 1.99. The van der Waals surface area contributed by atoms with Gasteiger partial charge in [0.05, 0.1) is 4.34 Å². The van der Waals surface area contributed by atoms with Crippen LogP contribution in [0.3, 0.4) is 0 Å². The maximum Gasteiger partial charge on any atom is 0.122 e. The Morgan fingerprint density at radius 1 is 1.25 bits per heavy atom. The van der Waals surface area contributed by atoms with Gasteiger partial charge in [0, 0.05) is 11.4 Å². The predicted octanol–water partition coefficient (Wildman–Crippen LogP) is 3.44. The van der Waals surface area contributed by atoms with Crippen molar-refractivity contribution in [1.82, 2.24) is 0 Å². The van der Waals surface area contributed by atoms with Crippen molar-refractivity contribution in [2.24, 2.45) is 5.73 Å². The molecule has 16 heavy (non-hydrogen) atoms. The molecule has 0 atom stereocenters. The first-order chi connectivity index (χ1) is 7.78. The summed E-state index contributed by atoms with van der Waals surface area (Å²) in [6.07, 6.45) is 0. The molecule has 1 aromatic carbocycles.